The van der Waals surface area contributed by atoms with Crippen LogP contribution < -0.4 is 4.72 Å². The number of fused-ring (bicyclic) bond motifs is 1. The van der Waals surface area contributed by atoms with E-state index in [9.17, 15) is 12.8 Å². The number of hydrogen-bond donors (Lipinski definition) is 1. The standard InChI is InChI=1S/C17H16FNO4S/c1-22-16(15-10-12-6-2-4-8-14(12)23-15)11-19-24(20,21)17-9-5-3-7-13(17)18/h2-10,16,19H,11H2,1H3/t16-/m1/s1. The number of methoxy groups -OCH3 is 1. The Morgan fingerprint density at radius 1 is 1.17 bits per heavy atom. The van der Waals surface area contributed by atoms with Crippen LogP contribution in [0.4, 0.5) is 4.39 Å². The van der Waals surface area contributed by atoms with E-state index in [2.05, 4.69) is 4.72 Å². The van der Waals surface area contributed by atoms with Crippen LogP contribution in [-0.2, 0) is 14.8 Å². The van der Waals surface area contributed by atoms with Crippen molar-refractivity contribution in [3.8, 4) is 0 Å². The first-order chi connectivity index (χ1) is 11.5. The van der Waals surface area contributed by atoms with Crippen molar-refractivity contribution in [2.24, 2.45) is 0 Å². The summed E-state index contributed by atoms with van der Waals surface area (Å²) in [6, 6.07) is 14.4. The van der Waals surface area contributed by atoms with Gasteiger partial charge in [-0.05, 0) is 24.3 Å². The Hall–Kier alpha value is -2.22. The number of nitrogens with one attached hydrogen (secondary N) is 1. The van der Waals surface area contributed by atoms with Crippen LogP contribution >= 0.6 is 0 Å². The van der Waals surface area contributed by atoms with E-state index in [1.54, 1.807) is 6.07 Å². The van der Waals surface area contributed by atoms with Gasteiger partial charge in [0.05, 0.1) is 0 Å². The Balaban J connectivity index is 1.80. The van der Waals surface area contributed by atoms with Crippen molar-refractivity contribution < 1.29 is 22.0 Å². The fourth-order valence-corrected chi connectivity index (χ4v) is 3.50. The zero-order valence-corrected chi connectivity index (χ0v) is 13.7. The minimum absolute atomic E-state index is 0.0764. The zero-order valence-electron chi connectivity index (χ0n) is 12.9. The molecule has 0 bridgehead atoms. The van der Waals surface area contributed by atoms with Crippen LogP contribution in [0.15, 0.2) is 63.9 Å². The summed E-state index contributed by atoms with van der Waals surface area (Å²) in [5, 5.41) is 0.895. The molecule has 1 heterocycles. The number of para-hydroxylation sites is 1. The van der Waals surface area contributed by atoms with Gasteiger partial charge >= 0.3 is 0 Å². The molecule has 0 fully saturated rings. The van der Waals surface area contributed by atoms with E-state index in [-0.39, 0.29) is 6.54 Å². The number of rotatable bonds is 6. The van der Waals surface area contributed by atoms with E-state index in [4.69, 9.17) is 9.15 Å². The van der Waals surface area contributed by atoms with Crippen LogP contribution in [-0.4, -0.2) is 22.1 Å². The monoisotopic (exact) mass is 349 g/mol. The van der Waals surface area contributed by atoms with Gasteiger partial charge in [0, 0.05) is 19.0 Å². The fourth-order valence-electron chi connectivity index (χ4n) is 2.39. The molecule has 126 valence electrons. The molecule has 3 aromatic rings. The lowest BCUT2D eigenvalue weighted by Crippen LogP contribution is -2.29. The minimum atomic E-state index is -3.98. The molecular formula is C17H16FNO4S. The molecule has 0 spiro atoms. The molecule has 0 aliphatic heterocycles. The van der Waals surface area contributed by atoms with Crippen LogP contribution in [0.2, 0.25) is 0 Å². The Bertz CT molecular complexity index is 919. The molecule has 2 aromatic carbocycles. The fraction of sp³-hybridized carbons (Fsp3) is 0.176. The Labute approximate surface area is 139 Å². The highest BCUT2D eigenvalue weighted by molar-refractivity contribution is 7.89. The van der Waals surface area contributed by atoms with E-state index < -0.39 is 26.8 Å². The smallest absolute Gasteiger partial charge is 0.243 e. The van der Waals surface area contributed by atoms with Crippen LogP contribution in [0, 0.1) is 5.82 Å². The third kappa shape index (κ3) is 3.33. The second-order valence-electron chi connectivity index (χ2n) is 5.19. The average Bonchev–Trinajstić information content (AvgIpc) is 2.99. The van der Waals surface area contributed by atoms with Crippen molar-refractivity contribution in [1.29, 1.82) is 0 Å². The van der Waals surface area contributed by atoms with Crippen molar-refractivity contribution in [3.05, 3.63) is 66.2 Å². The molecule has 0 unspecified atom stereocenters. The molecule has 24 heavy (non-hydrogen) atoms. The molecule has 0 saturated heterocycles. The maximum absolute atomic E-state index is 13.7. The largest absolute Gasteiger partial charge is 0.458 e. The van der Waals surface area contributed by atoms with Crippen LogP contribution in [0.3, 0.4) is 0 Å². The SMILES string of the molecule is CO[C@H](CNS(=O)(=O)c1ccccc1F)c1cc2ccccc2o1. The minimum Gasteiger partial charge on any atom is -0.458 e. The van der Waals surface area contributed by atoms with Crippen molar-refractivity contribution in [3.63, 3.8) is 0 Å². The highest BCUT2D eigenvalue weighted by Gasteiger charge is 2.22. The van der Waals surface area contributed by atoms with Crippen molar-refractivity contribution >= 4 is 21.0 Å². The van der Waals surface area contributed by atoms with Gasteiger partial charge < -0.3 is 9.15 Å². The quantitative estimate of drug-likeness (QED) is 0.742. The molecule has 0 aliphatic carbocycles. The lowest BCUT2D eigenvalue weighted by molar-refractivity contribution is 0.0893. The van der Waals surface area contributed by atoms with Gasteiger partial charge in [-0.3, -0.25) is 0 Å². The molecule has 0 aliphatic rings. The second-order valence-corrected chi connectivity index (χ2v) is 6.93. The van der Waals surface area contributed by atoms with Gasteiger partial charge in [-0.15, -0.1) is 0 Å². The maximum Gasteiger partial charge on any atom is 0.243 e. The molecular weight excluding hydrogens is 333 g/mol. The Morgan fingerprint density at radius 3 is 2.58 bits per heavy atom. The molecule has 3 rings (SSSR count). The first-order valence-electron chi connectivity index (χ1n) is 7.27. The van der Waals surface area contributed by atoms with Gasteiger partial charge in [-0.2, -0.15) is 0 Å². The first-order valence-corrected chi connectivity index (χ1v) is 8.75. The molecule has 0 saturated carbocycles. The molecule has 0 radical (unpaired) electrons. The molecule has 1 N–H and O–H groups in total. The number of benzene rings is 2. The second kappa shape index (κ2) is 6.72. The normalized spacial score (nSPS) is 13.2. The Morgan fingerprint density at radius 2 is 1.88 bits per heavy atom. The highest BCUT2D eigenvalue weighted by atomic mass is 32.2. The summed E-state index contributed by atoms with van der Waals surface area (Å²) in [7, 11) is -2.53. The van der Waals surface area contributed by atoms with Gasteiger partial charge in [-0.1, -0.05) is 30.3 Å². The van der Waals surface area contributed by atoms with Crippen LogP contribution in [0.25, 0.3) is 11.0 Å². The number of furan rings is 1. The van der Waals surface area contributed by atoms with Gasteiger partial charge in [0.25, 0.3) is 0 Å². The summed E-state index contributed by atoms with van der Waals surface area (Å²) >= 11 is 0. The summed E-state index contributed by atoms with van der Waals surface area (Å²) in [4.78, 5) is -0.399. The van der Waals surface area contributed by atoms with E-state index in [1.165, 1.54) is 25.3 Å². The van der Waals surface area contributed by atoms with Gasteiger partial charge in [0.2, 0.25) is 10.0 Å². The summed E-state index contributed by atoms with van der Waals surface area (Å²) in [5.41, 5.74) is 0.687. The third-order valence-corrected chi connectivity index (χ3v) is 5.09. The maximum atomic E-state index is 13.7. The predicted octanol–water partition coefficient (Wildman–Crippen LogP) is 3.24. The lowest BCUT2D eigenvalue weighted by Gasteiger charge is -2.14. The van der Waals surface area contributed by atoms with E-state index >= 15 is 0 Å². The summed E-state index contributed by atoms with van der Waals surface area (Å²) < 4.78 is 51.5. The molecule has 0 amide bonds. The zero-order chi connectivity index (χ0) is 17.2. The number of halogens is 1. The van der Waals surface area contributed by atoms with E-state index in [0.717, 1.165) is 11.5 Å². The number of ether oxygens (including phenoxy) is 1. The molecule has 5 nitrogen and oxygen atoms in total. The average molecular weight is 349 g/mol. The van der Waals surface area contributed by atoms with Gasteiger partial charge in [-0.25, -0.2) is 17.5 Å². The van der Waals surface area contributed by atoms with Crippen molar-refractivity contribution in [1.82, 2.24) is 4.72 Å². The highest BCUT2D eigenvalue weighted by Crippen LogP contribution is 2.25. The summed E-state index contributed by atoms with van der Waals surface area (Å²) in [5.74, 6) is -0.308. The van der Waals surface area contributed by atoms with E-state index in [0.29, 0.717) is 11.3 Å². The molecule has 1 atom stereocenters. The number of sulfonamides is 1. The summed E-state index contributed by atoms with van der Waals surface area (Å²) in [6.45, 7) is -0.0764. The van der Waals surface area contributed by atoms with Crippen LogP contribution in [0.5, 0.6) is 0 Å². The number of hydrogen-bond acceptors (Lipinski definition) is 4. The Kier molecular flexibility index (Phi) is 4.66. The molecule has 1 aromatic heterocycles. The van der Waals surface area contributed by atoms with Crippen molar-refractivity contribution in [2.45, 2.75) is 11.0 Å². The predicted molar refractivity (Wildman–Crippen MR) is 87.6 cm³/mol. The lowest BCUT2D eigenvalue weighted by atomic mass is 10.2. The molecule has 7 heteroatoms. The first kappa shape index (κ1) is 16.6. The van der Waals surface area contributed by atoms with Crippen LogP contribution in [0.1, 0.15) is 11.9 Å². The topological polar surface area (TPSA) is 68.5 Å². The van der Waals surface area contributed by atoms with Gasteiger partial charge in [0.1, 0.15) is 28.2 Å². The van der Waals surface area contributed by atoms with Crippen molar-refractivity contribution in [2.75, 3.05) is 13.7 Å². The van der Waals surface area contributed by atoms with Gasteiger partial charge in [0.15, 0.2) is 0 Å². The third-order valence-electron chi connectivity index (χ3n) is 3.63. The summed E-state index contributed by atoms with van der Waals surface area (Å²) in [6.07, 6.45) is -0.626. The van der Waals surface area contributed by atoms with E-state index in [1.807, 2.05) is 24.3 Å².